The van der Waals surface area contributed by atoms with Crippen LogP contribution in [0.25, 0.3) is 0 Å². The number of nitrogens with one attached hydrogen (secondary N) is 2. The van der Waals surface area contributed by atoms with Gasteiger partial charge in [-0.15, -0.1) is 0 Å². The van der Waals surface area contributed by atoms with Crippen LogP contribution in [0.4, 0.5) is 0 Å². The molecule has 1 aliphatic rings. The summed E-state index contributed by atoms with van der Waals surface area (Å²) < 4.78 is 0. The van der Waals surface area contributed by atoms with Crippen molar-refractivity contribution in [3.05, 3.63) is 12.7 Å². The Morgan fingerprint density at radius 3 is 3.10 bits per heavy atom. The fourth-order valence-electron chi connectivity index (χ4n) is 1.04. The van der Waals surface area contributed by atoms with Crippen LogP contribution in [0.15, 0.2) is 12.7 Å². The maximum atomic E-state index is 10.7. The molecule has 56 valence electrons. The van der Waals surface area contributed by atoms with Crippen molar-refractivity contribution in [2.45, 2.75) is 19.0 Å². The number of rotatable bonds is 2. The fourth-order valence-corrected chi connectivity index (χ4v) is 1.04. The van der Waals surface area contributed by atoms with E-state index in [0.29, 0.717) is 0 Å². The third-order valence-electron chi connectivity index (χ3n) is 1.56. The summed E-state index contributed by atoms with van der Waals surface area (Å²) in [5.41, 5.74) is 0. The molecule has 1 fully saturated rings. The molecule has 1 unspecified atom stereocenters. The third kappa shape index (κ3) is 1.84. The molecule has 1 saturated heterocycles. The Balaban J connectivity index is 2.23. The first-order chi connectivity index (χ1) is 4.83. The van der Waals surface area contributed by atoms with Gasteiger partial charge in [0.25, 0.3) is 0 Å². The molecule has 3 heteroatoms. The normalized spacial score (nSPS) is 24.2. The quantitative estimate of drug-likeness (QED) is 0.530. The third-order valence-corrected chi connectivity index (χ3v) is 1.56. The van der Waals surface area contributed by atoms with Crippen LogP contribution in [0, 0.1) is 0 Å². The molecule has 1 amide bonds. The molecule has 0 aromatic carbocycles. The van der Waals surface area contributed by atoms with E-state index in [0.717, 1.165) is 19.4 Å². The summed E-state index contributed by atoms with van der Waals surface area (Å²) in [5.74, 6) is -0.0978. The minimum absolute atomic E-state index is 0.0978. The molecule has 0 aromatic rings. The van der Waals surface area contributed by atoms with Crippen molar-refractivity contribution in [3.63, 3.8) is 0 Å². The van der Waals surface area contributed by atoms with Gasteiger partial charge in [-0.25, -0.2) is 0 Å². The van der Waals surface area contributed by atoms with Gasteiger partial charge in [-0.1, -0.05) is 6.58 Å². The lowest BCUT2D eigenvalue weighted by molar-refractivity contribution is -0.117. The lowest BCUT2D eigenvalue weighted by Gasteiger charge is -2.09. The fraction of sp³-hybridized carbons (Fsp3) is 0.571. The first kappa shape index (κ1) is 7.28. The smallest absolute Gasteiger partial charge is 0.244 e. The second kappa shape index (κ2) is 3.37. The van der Waals surface area contributed by atoms with Crippen molar-refractivity contribution in [1.82, 2.24) is 10.6 Å². The van der Waals surface area contributed by atoms with Gasteiger partial charge in [0.2, 0.25) is 5.91 Å². The molecule has 1 heterocycles. The SMILES string of the molecule is C=CC(=O)NC1CCCN1. The highest BCUT2D eigenvalue weighted by Crippen LogP contribution is 2.00. The highest BCUT2D eigenvalue weighted by atomic mass is 16.1. The van der Waals surface area contributed by atoms with E-state index in [9.17, 15) is 4.79 Å². The van der Waals surface area contributed by atoms with Gasteiger partial charge >= 0.3 is 0 Å². The van der Waals surface area contributed by atoms with Gasteiger partial charge in [-0.3, -0.25) is 10.1 Å². The Morgan fingerprint density at radius 1 is 1.80 bits per heavy atom. The molecule has 2 N–H and O–H groups in total. The molecule has 3 nitrogen and oxygen atoms in total. The molecular formula is C7H12N2O. The summed E-state index contributed by atoms with van der Waals surface area (Å²) in [6.45, 7) is 4.36. The van der Waals surface area contributed by atoms with E-state index in [1.807, 2.05) is 0 Å². The molecule has 1 atom stereocenters. The summed E-state index contributed by atoms with van der Waals surface area (Å²) in [5, 5.41) is 5.90. The molecule has 1 rings (SSSR count). The van der Waals surface area contributed by atoms with Crippen LogP contribution in [-0.2, 0) is 4.79 Å². The first-order valence-corrected chi connectivity index (χ1v) is 3.49. The average Bonchev–Trinajstić information content (AvgIpc) is 2.40. The highest BCUT2D eigenvalue weighted by Gasteiger charge is 2.13. The molecule has 0 bridgehead atoms. The predicted molar refractivity (Wildman–Crippen MR) is 39.4 cm³/mol. The van der Waals surface area contributed by atoms with Crippen molar-refractivity contribution in [1.29, 1.82) is 0 Å². The van der Waals surface area contributed by atoms with E-state index in [1.165, 1.54) is 6.08 Å². The zero-order chi connectivity index (χ0) is 7.40. The highest BCUT2D eigenvalue weighted by molar-refractivity contribution is 5.87. The van der Waals surface area contributed by atoms with Crippen molar-refractivity contribution in [2.75, 3.05) is 6.54 Å². The van der Waals surface area contributed by atoms with Crippen LogP contribution in [-0.4, -0.2) is 18.6 Å². The van der Waals surface area contributed by atoms with Crippen LogP contribution in [0.1, 0.15) is 12.8 Å². The lowest BCUT2D eigenvalue weighted by atomic mass is 10.3. The number of carbonyl (C=O) groups is 1. The number of hydrogen-bond acceptors (Lipinski definition) is 2. The number of amides is 1. The largest absolute Gasteiger partial charge is 0.337 e. The van der Waals surface area contributed by atoms with E-state index in [4.69, 9.17) is 0 Å². The van der Waals surface area contributed by atoms with Gasteiger partial charge in [-0.05, 0) is 25.5 Å². The van der Waals surface area contributed by atoms with E-state index >= 15 is 0 Å². The summed E-state index contributed by atoms with van der Waals surface area (Å²) in [4.78, 5) is 10.7. The van der Waals surface area contributed by atoms with Crippen molar-refractivity contribution >= 4 is 5.91 Å². The van der Waals surface area contributed by atoms with Gasteiger partial charge in [0.05, 0.1) is 6.17 Å². The van der Waals surface area contributed by atoms with Crippen molar-refractivity contribution in [3.8, 4) is 0 Å². The Bertz CT molecular complexity index is 139. The lowest BCUT2D eigenvalue weighted by Crippen LogP contribution is -2.40. The number of hydrogen-bond donors (Lipinski definition) is 2. The number of carbonyl (C=O) groups excluding carboxylic acids is 1. The Labute approximate surface area is 60.5 Å². The van der Waals surface area contributed by atoms with Gasteiger partial charge < -0.3 is 5.32 Å². The zero-order valence-corrected chi connectivity index (χ0v) is 5.89. The Kier molecular flexibility index (Phi) is 2.45. The topological polar surface area (TPSA) is 41.1 Å². The summed E-state index contributed by atoms with van der Waals surface area (Å²) in [7, 11) is 0. The molecule has 0 saturated carbocycles. The zero-order valence-electron chi connectivity index (χ0n) is 5.89. The standard InChI is InChI=1S/C7H12N2O/c1-2-7(10)9-6-4-3-5-8-6/h2,6,8H,1,3-5H2,(H,9,10). The molecular weight excluding hydrogens is 128 g/mol. The van der Waals surface area contributed by atoms with E-state index in [-0.39, 0.29) is 12.1 Å². The second-order valence-electron chi connectivity index (χ2n) is 2.36. The van der Waals surface area contributed by atoms with Gasteiger partial charge in [0.1, 0.15) is 0 Å². The van der Waals surface area contributed by atoms with Crippen molar-refractivity contribution < 1.29 is 4.79 Å². The summed E-state index contributed by atoms with van der Waals surface area (Å²) in [6, 6.07) is 0. The van der Waals surface area contributed by atoms with Crippen LogP contribution in [0.3, 0.4) is 0 Å². The molecule has 1 aliphatic heterocycles. The molecule has 0 radical (unpaired) electrons. The minimum atomic E-state index is -0.0978. The monoisotopic (exact) mass is 140 g/mol. The van der Waals surface area contributed by atoms with Crippen LogP contribution in [0.2, 0.25) is 0 Å². The van der Waals surface area contributed by atoms with E-state index in [1.54, 1.807) is 0 Å². The minimum Gasteiger partial charge on any atom is -0.337 e. The molecule has 0 spiro atoms. The maximum Gasteiger partial charge on any atom is 0.244 e. The first-order valence-electron chi connectivity index (χ1n) is 3.49. The molecule has 10 heavy (non-hydrogen) atoms. The van der Waals surface area contributed by atoms with Gasteiger partial charge in [0.15, 0.2) is 0 Å². The van der Waals surface area contributed by atoms with E-state index in [2.05, 4.69) is 17.2 Å². The van der Waals surface area contributed by atoms with Gasteiger partial charge in [-0.2, -0.15) is 0 Å². The Hall–Kier alpha value is -0.830. The molecule has 0 aromatic heterocycles. The predicted octanol–water partition coefficient (Wildman–Crippen LogP) is -0.00190. The average molecular weight is 140 g/mol. The molecule has 0 aliphatic carbocycles. The summed E-state index contributed by atoms with van der Waals surface area (Å²) in [6.07, 6.45) is 3.63. The van der Waals surface area contributed by atoms with Crippen LogP contribution < -0.4 is 10.6 Å². The van der Waals surface area contributed by atoms with Crippen LogP contribution in [0.5, 0.6) is 0 Å². The van der Waals surface area contributed by atoms with Crippen molar-refractivity contribution in [2.24, 2.45) is 0 Å². The van der Waals surface area contributed by atoms with Crippen LogP contribution >= 0.6 is 0 Å². The van der Waals surface area contributed by atoms with Gasteiger partial charge in [0, 0.05) is 0 Å². The maximum absolute atomic E-state index is 10.7. The second-order valence-corrected chi connectivity index (χ2v) is 2.36. The Morgan fingerprint density at radius 2 is 2.60 bits per heavy atom. The van der Waals surface area contributed by atoms with E-state index < -0.39 is 0 Å². The summed E-state index contributed by atoms with van der Waals surface area (Å²) >= 11 is 0.